The first-order valence-corrected chi connectivity index (χ1v) is 8.42. The van der Waals surface area contributed by atoms with Crippen LogP contribution in [0.3, 0.4) is 0 Å². The van der Waals surface area contributed by atoms with Gasteiger partial charge in [-0.25, -0.2) is 9.79 Å². The molecule has 2 atom stereocenters. The van der Waals surface area contributed by atoms with Crippen LogP contribution in [0.1, 0.15) is 46.5 Å². The summed E-state index contributed by atoms with van der Waals surface area (Å²) in [4.78, 5) is 17.0. The molecule has 1 unspecified atom stereocenters. The maximum Gasteiger partial charge on any atom is 0.407 e. The molecule has 1 amide bonds. The Balaban J connectivity index is 2.05. The van der Waals surface area contributed by atoms with Gasteiger partial charge >= 0.3 is 6.09 Å². The van der Waals surface area contributed by atoms with Gasteiger partial charge in [0, 0.05) is 19.1 Å². The lowest BCUT2D eigenvalue weighted by Gasteiger charge is -2.31. The van der Waals surface area contributed by atoms with E-state index in [-0.39, 0.29) is 12.1 Å². The van der Waals surface area contributed by atoms with Crippen LogP contribution in [-0.4, -0.2) is 70.5 Å². The fourth-order valence-electron chi connectivity index (χ4n) is 3.00. The zero-order chi connectivity index (χ0) is 17.0. The molecule has 0 aromatic heterocycles. The lowest BCUT2D eigenvalue weighted by Crippen LogP contribution is -2.45. The molecule has 3 N–H and O–H groups in total. The van der Waals surface area contributed by atoms with Gasteiger partial charge in [-0.15, -0.1) is 0 Å². The third-order valence-corrected chi connectivity index (χ3v) is 4.19. The van der Waals surface area contributed by atoms with Crippen molar-refractivity contribution in [2.24, 2.45) is 4.99 Å². The number of nitrogens with one attached hydrogen (secondary N) is 1. The summed E-state index contributed by atoms with van der Waals surface area (Å²) in [6, 6.07) is -0.0192. The van der Waals surface area contributed by atoms with Gasteiger partial charge < -0.3 is 25.2 Å². The molecule has 0 spiro atoms. The number of hydrogen-bond acceptors (Lipinski definition) is 5. The Morgan fingerprint density at radius 2 is 1.96 bits per heavy atom. The minimum atomic E-state index is -0.881. The number of piperidine rings is 1. The van der Waals surface area contributed by atoms with E-state index in [0.29, 0.717) is 31.8 Å². The molecule has 0 saturated carbocycles. The van der Waals surface area contributed by atoms with Gasteiger partial charge in [0.05, 0.1) is 6.04 Å². The summed E-state index contributed by atoms with van der Waals surface area (Å²) in [6.45, 7) is 7.66. The molecular weight excluding hydrogens is 298 g/mol. The van der Waals surface area contributed by atoms with Crippen LogP contribution in [0, 0.1) is 0 Å². The first-order chi connectivity index (χ1) is 10.8. The average Bonchev–Trinajstić information content (AvgIpc) is 2.99. The van der Waals surface area contributed by atoms with Gasteiger partial charge in [0.2, 0.25) is 5.90 Å². The predicted octanol–water partition coefficient (Wildman–Crippen LogP) is 1.46. The number of hydrogen-bond donors (Lipinski definition) is 3. The molecule has 0 aliphatic carbocycles. The molecule has 0 aromatic rings. The number of aliphatic imine (C=N–C) groups is 1. The van der Waals surface area contributed by atoms with Gasteiger partial charge in [0.1, 0.15) is 11.7 Å². The lowest BCUT2D eigenvalue weighted by molar-refractivity contribution is 0.0741. The van der Waals surface area contributed by atoms with Crippen molar-refractivity contribution in [2.45, 2.75) is 70.2 Å². The SMILES string of the molecule is CC(C)(C)OC(=NC1CCN(C(=O)O)CC1)C(O)[C@@H]1CCCN1. The molecule has 23 heavy (non-hydrogen) atoms. The molecule has 2 aliphatic heterocycles. The van der Waals surface area contributed by atoms with Crippen LogP contribution in [0.25, 0.3) is 0 Å². The molecular formula is C16H29N3O4. The van der Waals surface area contributed by atoms with E-state index in [1.807, 2.05) is 20.8 Å². The molecule has 7 nitrogen and oxygen atoms in total. The van der Waals surface area contributed by atoms with Gasteiger partial charge in [-0.05, 0) is 53.0 Å². The standard InChI is InChI=1S/C16H29N3O4/c1-16(2,3)23-14(13(20)12-5-4-8-17-12)18-11-6-9-19(10-7-11)15(21)22/h11-13,17,20H,4-10H2,1-3H3,(H,21,22)/t12-,13?/m0/s1. The largest absolute Gasteiger partial charge is 0.473 e. The Morgan fingerprint density at radius 1 is 1.30 bits per heavy atom. The van der Waals surface area contributed by atoms with Crippen LogP contribution < -0.4 is 5.32 Å². The van der Waals surface area contributed by atoms with Crippen molar-refractivity contribution in [2.75, 3.05) is 19.6 Å². The lowest BCUT2D eigenvalue weighted by atomic mass is 10.0. The van der Waals surface area contributed by atoms with E-state index in [1.54, 1.807) is 0 Å². The minimum Gasteiger partial charge on any atom is -0.473 e. The Bertz CT molecular complexity index is 433. The smallest absolute Gasteiger partial charge is 0.407 e. The van der Waals surface area contributed by atoms with Gasteiger partial charge in [-0.2, -0.15) is 0 Å². The Hall–Kier alpha value is -1.34. The Labute approximate surface area is 137 Å². The highest BCUT2D eigenvalue weighted by Gasteiger charge is 2.32. The summed E-state index contributed by atoms with van der Waals surface area (Å²) in [7, 11) is 0. The van der Waals surface area contributed by atoms with E-state index in [2.05, 4.69) is 10.3 Å². The number of amides is 1. The molecule has 132 valence electrons. The summed E-state index contributed by atoms with van der Waals surface area (Å²) in [5, 5.41) is 22.9. The maximum absolute atomic E-state index is 11.0. The van der Waals surface area contributed by atoms with E-state index in [0.717, 1.165) is 19.4 Å². The highest BCUT2D eigenvalue weighted by molar-refractivity contribution is 5.82. The van der Waals surface area contributed by atoms with E-state index in [4.69, 9.17) is 9.84 Å². The fourth-order valence-corrected chi connectivity index (χ4v) is 3.00. The molecule has 2 rings (SSSR count). The van der Waals surface area contributed by atoms with Crippen molar-refractivity contribution >= 4 is 12.0 Å². The topological polar surface area (TPSA) is 94.4 Å². The van der Waals surface area contributed by atoms with Crippen LogP contribution in [0.4, 0.5) is 4.79 Å². The highest BCUT2D eigenvalue weighted by atomic mass is 16.5. The summed E-state index contributed by atoms with van der Waals surface area (Å²) in [5.41, 5.74) is -0.430. The second kappa shape index (κ2) is 7.49. The van der Waals surface area contributed by atoms with Gasteiger partial charge in [-0.3, -0.25) is 0 Å². The van der Waals surface area contributed by atoms with E-state index < -0.39 is 17.8 Å². The van der Waals surface area contributed by atoms with Crippen molar-refractivity contribution in [3.05, 3.63) is 0 Å². The molecule has 2 fully saturated rings. The van der Waals surface area contributed by atoms with Crippen molar-refractivity contribution in [3.63, 3.8) is 0 Å². The number of carbonyl (C=O) groups is 1. The average molecular weight is 327 g/mol. The van der Waals surface area contributed by atoms with Crippen LogP contribution in [-0.2, 0) is 4.74 Å². The molecule has 0 aromatic carbocycles. The second-order valence-corrected chi connectivity index (χ2v) is 7.33. The first kappa shape index (κ1) is 18.0. The molecule has 2 heterocycles. The summed E-state index contributed by atoms with van der Waals surface area (Å²) in [6.07, 6.45) is 1.64. The van der Waals surface area contributed by atoms with Crippen LogP contribution in [0.2, 0.25) is 0 Å². The Kier molecular flexibility index (Phi) is 5.86. The third-order valence-electron chi connectivity index (χ3n) is 4.19. The number of likely N-dealkylation sites (tertiary alicyclic amines) is 1. The molecule has 0 bridgehead atoms. The zero-order valence-corrected chi connectivity index (χ0v) is 14.3. The van der Waals surface area contributed by atoms with Crippen LogP contribution in [0.5, 0.6) is 0 Å². The predicted molar refractivity (Wildman–Crippen MR) is 87.9 cm³/mol. The fraction of sp³-hybridized carbons (Fsp3) is 0.875. The Morgan fingerprint density at radius 3 is 2.43 bits per heavy atom. The minimum absolute atomic E-state index is 0.000923. The molecule has 0 radical (unpaired) electrons. The third kappa shape index (κ3) is 5.35. The van der Waals surface area contributed by atoms with Gasteiger partial charge in [-0.1, -0.05) is 0 Å². The van der Waals surface area contributed by atoms with Crippen molar-refractivity contribution in [1.29, 1.82) is 0 Å². The molecule has 2 saturated heterocycles. The second-order valence-electron chi connectivity index (χ2n) is 7.33. The van der Waals surface area contributed by atoms with Crippen LogP contribution >= 0.6 is 0 Å². The zero-order valence-electron chi connectivity index (χ0n) is 14.3. The van der Waals surface area contributed by atoms with Crippen LogP contribution in [0.15, 0.2) is 4.99 Å². The van der Waals surface area contributed by atoms with Gasteiger partial charge in [0.15, 0.2) is 0 Å². The molecule has 7 heteroatoms. The molecule has 2 aliphatic rings. The normalized spacial score (nSPS) is 25.5. The summed E-state index contributed by atoms with van der Waals surface area (Å²) < 4.78 is 5.92. The van der Waals surface area contributed by atoms with E-state index >= 15 is 0 Å². The number of ether oxygens (including phenoxy) is 1. The number of rotatable bonds is 3. The van der Waals surface area contributed by atoms with Crippen molar-refractivity contribution < 1.29 is 19.7 Å². The number of carboxylic acid groups (broad SMARTS) is 1. The van der Waals surface area contributed by atoms with Crippen molar-refractivity contribution in [3.8, 4) is 0 Å². The van der Waals surface area contributed by atoms with Gasteiger partial charge in [0.25, 0.3) is 0 Å². The highest BCUT2D eigenvalue weighted by Crippen LogP contribution is 2.20. The number of aliphatic hydroxyl groups is 1. The maximum atomic E-state index is 11.0. The summed E-state index contributed by atoms with van der Waals surface area (Å²) >= 11 is 0. The van der Waals surface area contributed by atoms with E-state index in [1.165, 1.54) is 4.90 Å². The number of nitrogens with zero attached hydrogens (tertiary/aromatic N) is 2. The number of aliphatic hydroxyl groups excluding tert-OH is 1. The van der Waals surface area contributed by atoms with E-state index in [9.17, 15) is 9.90 Å². The first-order valence-electron chi connectivity index (χ1n) is 8.42. The monoisotopic (exact) mass is 327 g/mol. The van der Waals surface area contributed by atoms with Crippen molar-refractivity contribution in [1.82, 2.24) is 10.2 Å². The quantitative estimate of drug-likeness (QED) is 0.539. The summed E-state index contributed by atoms with van der Waals surface area (Å²) in [5.74, 6) is 0.380.